The van der Waals surface area contributed by atoms with Crippen LogP contribution in [0.5, 0.6) is 5.75 Å². The summed E-state index contributed by atoms with van der Waals surface area (Å²) in [4.78, 5) is 15.2. The second-order valence-corrected chi connectivity index (χ2v) is 12.2. The number of methoxy groups -OCH3 is 1. The van der Waals surface area contributed by atoms with Gasteiger partial charge < -0.3 is 10.1 Å². The SMILES string of the molecule is COc1ccc(-n2nc(C(C)(C)C)cc2NC(=O)NCc2ccccc2Sc2ccc3nnc(C(C)C)n3c2)cc1. The Balaban J connectivity index is 1.32. The zero-order valence-electron chi connectivity index (χ0n) is 24.2. The highest BCUT2D eigenvalue weighted by Gasteiger charge is 2.22. The van der Waals surface area contributed by atoms with Crippen LogP contribution in [0.1, 0.15) is 57.6 Å². The maximum atomic E-state index is 13.1. The number of hydrogen-bond acceptors (Lipinski definition) is 6. The second-order valence-electron chi connectivity index (χ2n) is 11.1. The molecule has 3 heterocycles. The number of urea groups is 1. The number of anilines is 1. The molecule has 0 atom stereocenters. The fourth-order valence-corrected chi connectivity index (χ4v) is 5.28. The molecular weight excluding hydrogens is 534 g/mol. The van der Waals surface area contributed by atoms with E-state index in [1.165, 1.54) is 0 Å². The first-order valence-electron chi connectivity index (χ1n) is 13.5. The molecule has 0 unspecified atom stereocenters. The number of fused-ring (bicyclic) bond motifs is 1. The first-order valence-corrected chi connectivity index (χ1v) is 14.3. The molecular formula is C31H35N7O2S. The topological polar surface area (TPSA) is 98.4 Å². The molecule has 41 heavy (non-hydrogen) atoms. The van der Waals surface area contributed by atoms with Gasteiger partial charge in [-0.15, -0.1) is 10.2 Å². The third kappa shape index (κ3) is 6.38. The van der Waals surface area contributed by atoms with E-state index in [-0.39, 0.29) is 17.4 Å². The zero-order valence-corrected chi connectivity index (χ0v) is 25.0. The highest BCUT2D eigenvalue weighted by Crippen LogP contribution is 2.31. The smallest absolute Gasteiger partial charge is 0.320 e. The molecule has 2 amide bonds. The summed E-state index contributed by atoms with van der Waals surface area (Å²) in [6, 6.07) is 21.3. The Hall–Kier alpha value is -4.31. The van der Waals surface area contributed by atoms with Crippen molar-refractivity contribution in [2.75, 3.05) is 12.4 Å². The largest absolute Gasteiger partial charge is 0.497 e. The van der Waals surface area contributed by atoms with E-state index in [2.05, 4.69) is 67.7 Å². The van der Waals surface area contributed by atoms with Crippen molar-refractivity contribution in [3.8, 4) is 11.4 Å². The van der Waals surface area contributed by atoms with Crippen LogP contribution < -0.4 is 15.4 Å². The average molecular weight is 570 g/mol. The maximum absolute atomic E-state index is 13.1. The first-order chi connectivity index (χ1) is 19.6. The number of carbonyl (C=O) groups is 1. The number of rotatable bonds is 8. The molecule has 0 saturated heterocycles. The number of nitrogens with zero attached hydrogens (tertiary/aromatic N) is 5. The molecule has 5 aromatic rings. The zero-order chi connectivity index (χ0) is 29.1. The number of ether oxygens (including phenoxy) is 1. The predicted molar refractivity (Wildman–Crippen MR) is 162 cm³/mol. The third-order valence-electron chi connectivity index (χ3n) is 6.59. The van der Waals surface area contributed by atoms with Gasteiger partial charge in [0.2, 0.25) is 0 Å². The van der Waals surface area contributed by atoms with E-state index >= 15 is 0 Å². The molecule has 212 valence electrons. The van der Waals surface area contributed by atoms with Crippen molar-refractivity contribution in [3.63, 3.8) is 0 Å². The lowest BCUT2D eigenvalue weighted by Gasteiger charge is -2.14. The first kappa shape index (κ1) is 28.2. The molecule has 0 fully saturated rings. The van der Waals surface area contributed by atoms with Crippen LogP contribution in [0.25, 0.3) is 11.3 Å². The van der Waals surface area contributed by atoms with Gasteiger partial charge in [0.25, 0.3) is 0 Å². The Morgan fingerprint density at radius 2 is 1.78 bits per heavy atom. The van der Waals surface area contributed by atoms with Gasteiger partial charge in [0, 0.05) is 39.9 Å². The average Bonchev–Trinajstić information content (AvgIpc) is 3.57. The highest BCUT2D eigenvalue weighted by atomic mass is 32.2. The molecule has 3 aromatic heterocycles. The van der Waals surface area contributed by atoms with Crippen LogP contribution in [0.15, 0.2) is 82.7 Å². The van der Waals surface area contributed by atoms with Crippen molar-refractivity contribution in [1.29, 1.82) is 0 Å². The standard InChI is InChI=1S/C31H35N7O2S/c1-20(2)29-35-34-27-16-15-24(19-37(27)29)41-25-10-8-7-9-21(25)18-32-30(39)33-28-17-26(31(3,4)5)36-38(28)22-11-13-23(40-6)14-12-22/h7-17,19-20H,18H2,1-6H3,(H2,32,33,39). The minimum absolute atomic E-state index is 0.188. The summed E-state index contributed by atoms with van der Waals surface area (Å²) in [5.41, 5.74) is 3.35. The Morgan fingerprint density at radius 3 is 2.49 bits per heavy atom. The van der Waals surface area contributed by atoms with Crippen molar-refractivity contribution in [1.82, 2.24) is 29.7 Å². The fourth-order valence-electron chi connectivity index (χ4n) is 4.31. The number of pyridine rings is 1. The van der Waals surface area contributed by atoms with E-state index in [1.807, 2.05) is 65.1 Å². The number of hydrogen-bond donors (Lipinski definition) is 2. The van der Waals surface area contributed by atoms with Crippen molar-refractivity contribution >= 4 is 29.3 Å². The summed E-state index contributed by atoms with van der Waals surface area (Å²) in [7, 11) is 1.63. The van der Waals surface area contributed by atoms with Gasteiger partial charge in [-0.3, -0.25) is 9.72 Å². The fraction of sp³-hybridized carbons (Fsp3) is 0.290. The van der Waals surface area contributed by atoms with Gasteiger partial charge in [0.15, 0.2) is 5.65 Å². The molecule has 2 N–H and O–H groups in total. The molecule has 0 aliphatic rings. The number of nitrogens with one attached hydrogen (secondary N) is 2. The van der Waals surface area contributed by atoms with Crippen LogP contribution in [0, 0.1) is 0 Å². The van der Waals surface area contributed by atoms with Gasteiger partial charge in [-0.25, -0.2) is 9.48 Å². The van der Waals surface area contributed by atoms with Crippen LogP contribution in [-0.4, -0.2) is 37.5 Å². The molecule has 2 aromatic carbocycles. The van der Waals surface area contributed by atoms with E-state index < -0.39 is 0 Å². The van der Waals surface area contributed by atoms with Crippen LogP contribution in [0.3, 0.4) is 0 Å². The predicted octanol–water partition coefficient (Wildman–Crippen LogP) is 6.82. The van der Waals surface area contributed by atoms with Crippen LogP contribution >= 0.6 is 11.8 Å². The molecule has 0 spiro atoms. The van der Waals surface area contributed by atoms with Gasteiger partial charge in [-0.2, -0.15) is 5.10 Å². The second kappa shape index (κ2) is 11.7. The van der Waals surface area contributed by atoms with E-state index in [4.69, 9.17) is 9.84 Å². The maximum Gasteiger partial charge on any atom is 0.320 e. The number of benzene rings is 2. The van der Waals surface area contributed by atoms with Crippen molar-refractivity contribution in [2.45, 2.75) is 62.3 Å². The molecule has 9 nitrogen and oxygen atoms in total. The quantitative estimate of drug-likeness (QED) is 0.213. The summed E-state index contributed by atoms with van der Waals surface area (Å²) < 4.78 is 9.08. The molecule has 10 heteroatoms. The van der Waals surface area contributed by atoms with Crippen molar-refractivity contribution < 1.29 is 9.53 Å². The summed E-state index contributed by atoms with van der Waals surface area (Å²) >= 11 is 1.64. The van der Waals surface area contributed by atoms with Gasteiger partial charge >= 0.3 is 6.03 Å². The summed E-state index contributed by atoms with van der Waals surface area (Å²) in [6.07, 6.45) is 2.07. The third-order valence-corrected chi connectivity index (χ3v) is 7.69. The number of carbonyl (C=O) groups excluding carboxylic acids is 1. The molecule has 0 saturated carbocycles. The number of aromatic nitrogens is 5. The highest BCUT2D eigenvalue weighted by molar-refractivity contribution is 7.99. The van der Waals surface area contributed by atoms with Crippen LogP contribution in [0.4, 0.5) is 10.6 Å². The molecule has 5 rings (SSSR count). The lowest BCUT2D eigenvalue weighted by molar-refractivity contribution is 0.251. The Bertz CT molecular complexity index is 1670. The Morgan fingerprint density at radius 1 is 1.02 bits per heavy atom. The number of amides is 2. The summed E-state index contributed by atoms with van der Waals surface area (Å²) in [6.45, 7) is 10.9. The summed E-state index contributed by atoms with van der Waals surface area (Å²) in [5.74, 6) is 2.53. The van der Waals surface area contributed by atoms with E-state index in [9.17, 15) is 4.79 Å². The van der Waals surface area contributed by atoms with E-state index in [0.29, 0.717) is 12.4 Å². The van der Waals surface area contributed by atoms with Gasteiger partial charge in [-0.05, 0) is 48.0 Å². The molecule has 0 aliphatic heterocycles. The Kier molecular flexibility index (Phi) is 8.03. The van der Waals surface area contributed by atoms with E-state index in [1.54, 1.807) is 23.6 Å². The van der Waals surface area contributed by atoms with Gasteiger partial charge in [0.05, 0.1) is 18.5 Å². The van der Waals surface area contributed by atoms with Gasteiger partial charge in [-0.1, -0.05) is 64.6 Å². The summed E-state index contributed by atoms with van der Waals surface area (Å²) in [5, 5.41) is 19.4. The molecule has 0 bridgehead atoms. The van der Waals surface area contributed by atoms with Crippen molar-refractivity contribution in [2.24, 2.45) is 0 Å². The van der Waals surface area contributed by atoms with E-state index in [0.717, 1.165) is 44.0 Å². The lowest BCUT2D eigenvalue weighted by Crippen LogP contribution is -2.29. The minimum Gasteiger partial charge on any atom is -0.497 e. The lowest BCUT2D eigenvalue weighted by atomic mass is 9.92. The van der Waals surface area contributed by atoms with Crippen LogP contribution in [-0.2, 0) is 12.0 Å². The Labute approximate surface area is 244 Å². The minimum atomic E-state index is -0.313. The van der Waals surface area contributed by atoms with Gasteiger partial charge in [0.1, 0.15) is 17.4 Å². The van der Waals surface area contributed by atoms with Crippen molar-refractivity contribution in [3.05, 3.63) is 90.0 Å². The molecule has 0 aliphatic carbocycles. The van der Waals surface area contributed by atoms with Crippen LogP contribution in [0.2, 0.25) is 0 Å². The normalized spacial score (nSPS) is 11.7. The monoisotopic (exact) mass is 569 g/mol. The molecule has 0 radical (unpaired) electrons.